The summed E-state index contributed by atoms with van der Waals surface area (Å²) < 4.78 is 27.3. The van der Waals surface area contributed by atoms with Gasteiger partial charge in [-0.15, -0.1) is 11.3 Å². The monoisotopic (exact) mass is 288 g/mol. The van der Waals surface area contributed by atoms with Gasteiger partial charge in [0.05, 0.1) is 0 Å². The molecule has 1 aromatic heterocycles. The minimum absolute atomic E-state index is 0.470. The molecule has 1 aromatic rings. The van der Waals surface area contributed by atoms with E-state index in [0.717, 1.165) is 22.8 Å². The van der Waals surface area contributed by atoms with Gasteiger partial charge in [0, 0.05) is 18.0 Å². The minimum Gasteiger partial charge on any atom is -0.315 e. The van der Waals surface area contributed by atoms with Gasteiger partial charge >= 0.3 is 0 Å². The van der Waals surface area contributed by atoms with Crippen LogP contribution < -0.4 is 10.0 Å². The van der Waals surface area contributed by atoms with Crippen LogP contribution in [0, 0.1) is 12.8 Å². The van der Waals surface area contributed by atoms with Crippen molar-refractivity contribution in [1.82, 2.24) is 10.0 Å². The van der Waals surface area contributed by atoms with Crippen LogP contribution in [0.15, 0.2) is 10.3 Å². The summed E-state index contributed by atoms with van der Waals surface area (Å²) in [6.07, 6.45) is 3.47. The summed E-state index contributed by atoms with van der Waals surface area (Å²) >= 11 is 1.50. The SMILES string of the molecule is CNCc1scc(C)c1S(=O)(=O)NCCC1CC1. The van der Waals surface area contributed by atoms with Crippen molar-refractivity contribution in [1.29, 1.82) is 0 Å². The Labute approximate surface area is 113 Å². The highest BCUT2D eigenvalue weighted by Crippen LogP contribution is 2.32. The van der Waals surface area contributed by atoms with Gasteiger partial charge in [-0.2, -0.15) is 0 Å². The lowest BCUT2D eigenvalue weighted by Crippen LogP contribution is -2.26. The van der Waals surface area contributed by atoms with Crippen LogP contribution in [0.5, 0.6) is 0 Å². The molecule has 0 amide bonds. The van der Waals surface area contributed by atoms with Gasteiger partial charge in [-0.25, -0.2) is 13.1 Å². The predicted molar refractivity (Wildman–Crippen MR) is 74.3 cm³/mol. The molecule has 1 fully saturated rings. The van der Waals surface area contributed by atoms with Crippen LogP contribution in [0.1, 0.15) is 29.7 Å². The lowest BCUT2D eigenvalue weighted by Gasteiger charge is -2.08. The first-order valence-corrected chi connectivity index (χ1v) is 8.62. The highest BCUT2D eigenvalue weighted by atomic mass is 32.2. The second-order valence-electron chi connectivity index (χ2n) is 4.83. The Kier molecular flexibility index (Phi) is 4.42. The van der Waals surface area contributed by atoms with Crippen LogP contribution >= 0.6 is 11.3 Å². The summed E-state index contributed by atoms with van der Waals surface area (Å²) in [6, 6.07) is 0. The van der Waals surface area contributed by atoms with E-state index in [9.17, 15) is 8.42 Å². The van der Waals surface area contributed by atoms with Crippen LogP contribution in [0.4, 0.5) is 0 Å². The molecule has 18 heavy (non-hydrogen) atoms. The average molecular weight is 288 g/mol. The summed E-state index contributed by atoms with van der Waals surface area (Å²) in [4.78, 5) is 1.35. The highest BCUT2D eigenvalue weighted by Gasteiger charge is 2.25. The molecule has 0 saturated heterocycles. The fourth-order valence-corrected chi connectivity index (χ4v) is 4.87. The van der Waals surface area contributed by atoms with E-state index in [1.165, 1.54) is 24.2 Å². The zero-order valence-electron chi connectivity index (χ0n) is 10.8. The standard InChI is InChI=1S/C12H20N2O2S2/c1-9-8-17-11(7-13-2)12(9)18(15,16)14-6-5-10-3-4-10/h8,10,13-14H,3-7H2,1-2H3. The molecule has 2 rings (SSSR count). The van der Waals surface area contributed by atoms with Crippen molar-refractivity contribution in [2.75, 3.05) is 13.6 Å². The van der Waals surface area contributed by atoms with E-state index in [-0.39, 0.29) is 0 Å². The largest absolute Gasteiger partial charge is 0.315 e. The molecule has 4 nitrogen and oxygen atoms in total. The Bertz CT molecular complexity index is 504. The maximum atomic E-state index is 12.3. The van der Waals surface area contributed by atoms with Gasteiger partial charge in [0.2, 0.25) is 10.0 Å². The third kappa shape index (κ3) is 3.32. The quantitative estimate of drug-likeness (QED) is 0.805. The van der Waals surface area contributed by atoms with Crippen molar-refractivity contribution in [2.24, 2.45) is 5.92 Å². The fourth-order valence-electron chi connectivity index (χ4n) is 2.01. The molecule has 2 N–H and O–H groups in total. The molecule has 0 atom stereocenters. The van der Waals surface area contributed by atoms with E-state index in [1.54, 1.807) is 0 Å². The van der Waals surface area contributed by atoms with Crippen LogP contribution in [0.25, 0.3) is 0 Å². The molecule has 1 heterocycles. The molecule has 0 bridgehead atoms. The van der Waals surface area contributed by atoms with Crippen molar-refractivity contribution in [3.05, 3.63) is 15.8 Å². The van der Waals surface area contributed by atoms with Crippen LogP contribution in [0.2, 0.25) is 0 Å². The maximum absolute atomic E-state index is 12.3. The Morgan fingerprint density at radius 3 is 2.78 bits per heavy atom. The normalized spacial score (nSPS) is 16.1. The Morgan fingerprint density at radius 2 is 2.17 bits per heavy atom. The van der Waals surface area contributed by atoms with Gasteiger partial charge in [0.25, 0.3) is 0 Å². The third-order valence-electron chi connectivity index (χ3n) is 3.14. The second kappa shape index (κ2) is 5.69. The molecule has 102 valence electrons. The van der Waals surface area contributed by atoms with Crippen molar-refractivity contribution in [3.63, 3.8) is 0 Å². The van der Waals surface area contributed by atoms with Crippen LogP contribution in [0.3, 0.4) is 0 Å². The van der Waals surface area contributed by atoms with Crippen molar-refractivity contribution in [2.45, 2.75) is 37.6 Å². The lowest BCUT2D eigenvalue weighted by atomic mass is 10.3. The topological polar surface area (TPSA) is 58.2 Å². The molecule has 0 unspecified atom stereocenters. The molecule has 6 heteroatoms. The van der Waals surface area contributed by atoms with Crippen LogP contribution in [-0.2, 0) is 16.6 Å². The second-order valence-corrected chi connectivity index (χ2v) is 7.50. The molecule has 1 saturated carbocycles. The Hall–Kier alpha value is -0.430. The van der Waals surface area contributed by atoms with Gasteiger partial charge < -0.3 is 5.32 Å². The number of hydrogen-bond acceptors (Lipinski definition) is 4. The zero-order chi connectivity index (χ0) is 13.2. The van der Waals surface area contributed by atoms with E-state index >= 15 is 0 Å². The minimum atomic E-state index is -3.35. The van der Waals surface area contributed by atoms with E-state index in [2.05, 4.69) is 10.0 Å². The third-order valence-corrected chi connectivity index (χ3v) is 6.06. The number of rotatable bonds is 7. The van der Waals surface area contributed by atoms with Crippen LogP contribution in [-0.4, -0.2) is 22.0 Å². The van der Waals surface area contributed by atoms with Crippen molar-refractivity contribution >= 4 is 21.4 Å². The summed E-state index contributed by atoms with van der Waals surface area (Å²) in [7, 11) is -1.52. The first kappa shape index (κ1) is 14.0. The van der Waals surface area contributed by atoms with Gasteiger partial charge in [-0.3, -0.25) is 0 Å². The first-order chi connectivity index (χ1) is 8.54. The first-order valence-electron chi connectivity index (χ1n) is 6.26. The van der Waals surface area contributed by atoms with E-state index in [1.807, 2.05) is 19.4 Å². The maximum Gasteiger partial charge on any atom is 0.241 e. The molecule has 0 aliphatic heterocycles. The molecule has 1 aliphatic rings. The highest BCUT2D eigenvalue weighted by molar-refractivity contribution is 7.89. The van der Waals surface area contributed by atoms with E-state index < -0.39 is 10.0 Å². The molecule has 1 aliphatic carbocycles. The Morgan fingerprint density at radius 1 is 1.44 bits per heavy atom. The molecular weight excluding hydrogens is 268 g/mol. The number of aryl methyl sites for hydroxylation is 1. The summed E-state index contributed by atoms with van der Waals surface area (Å²) in [6.45, 7) is 3.00. The van der Waals surface area contributed by atoms with Gasteiger partial charge in [0.15, 0.2) is 0 Å². The summed E-state index contributed by atoms with van der Waals surface area (Å²) in [5.74, 6) is 0.744. The van der Waals surface area contributed by atoms with Gasteiger partial charge in [-0.05, 0) is 37.3 Å². The molecule has 0 radical (unpaired) electrons. The van der Waals surface area contributed by atoms with E-state index in [4.69, 9.17) is 0 Å². The van der Waals surface area contributed by atoms with Gasteiger partial charge in [-0.1, -0.05) is 12.8 Å². The number of nitrogens with one attached hydrogen (secondary N) is 2. The smallest absolute Gasteiger partial charge is 0.241 e. The zero-order valence-corrected chi connectivity index (χ0v) is 12.5. The fraction of sp³-hybridized carbons (Fsp3) is 0.667. The van der Waals surface area contributed by atoms with E-state index in [0.29, 0.717) is 18.0 Å². The van der Waals surface area contributed by atoms with Crippen molar-refractivity contribution in [3.8, 4) is 0 Å². The molecule has 0 aromatic carbocycles. The number of thiophene rings is 1. The molecular formula is C12H20N2O2S2. The van der Waals surface area contributed by atoms with Crippen molar-refractivity contribution < 1.29 is 8.42 Å². The van der Waals surface area contributed by atoms with Gasteiger partial charge in [0.1, 0.15) is 4.90 Å². The summed E-state index contributed by atoms with van der Waals surface area (Å²) in [5, 5.41) is 4.92. The molecule has 0 spiro atoms. The number of hydrogen-bond donors (Lipinski definition) is 2. The predicted octanol–water partition coefficient (Wildman–Crippen LogP) is 1.85. The lowest BCUT2D eigenvalue weighted by molar-refractivity contribution is 0.573. The Balaban J connectivity index is 2.09. The average Bonchev–Trinajstić information content (AvgIpc) is 3.03. The summed E-state index contributed by atoms with van der Waals surface area (Å²) in [5.41, 5.74) is 0.837. The number of sulfonamides is 1.